The predicted molar refractivity (Wildman–Crippen MR) is 234 cm³/mol. The average Bonchev–Trinajstić information content (AvgIpc) is 3.79. The fraction of sp³-hybridized carbons (Fsp3) is 0.0408. The van der Waals surface area contributed by atoms with Crippen molar-refractivity contribution in [2.24, 2.45) is 0 Å². The second kappa shape index (κ2) is 12.1. The maximum Gasteiger partial charge on any atom is 0.220 e. The molecule has 57 heavy (non-hydrogen) atoms. The average molecular weight is 768 g/mol. The van der Waals surface area contributed by atoms with Crippen LogP contribution in [0.5, 0.6) is 11.5 Å². The Balaban J connectivity index is 0.986. The third kappa shape index (κ3) is 4.75. The van der Waals surface area contributed by atoms with Crippen LogP contribution in [-0.4, -0.2) is 32.0 Å². The van der Waals surface area contributed by atoms with E-state index in [1.54, 1.807) is 6.33 Å². The summed E-state index contributed by atoms with van der Waals surface area (Å²) in [6.45, 7) is 4.92. The van der Waals surface area contributed by atoms with Gasteiger partial charge in [-0.25, -0.2) is 15.0 Å². The zero-order chi connectivity index (χ0) is 37.8. The molecule has 12 rings (SSSR count). The zero-order valence-corrected chi connectivity index (χ0v) is 33.0. The van der Waals surface area contributed by atoms with Crippen LogP contribution in [0.3, 0.4) is 0 Å². The largest absolute Gasteiger partial charge is 0.455 e. The van der Waals surface area contributed by atoms with Gasteiger partial charge in [0.25, 0.3) is 0 Å². The molecule has 8 heteroatoms. The van der Waals surface area contributed by atoms with Crippen molar-refractivity contribution in [2.75, 3.05) is 0 Å². The summed E-state index contributed by atoms with van der Waals surface area (Å²) in [4.78, 5) is 16.8. The minimum absolute atomic E-state index is 0.868. The summed E-state index contributed by atoms with van der Waals surface area (Å²) in [5.74, 6) is 2.67. The van der Waals surface area contributed by atoms with Crippen LogP contribution >= 0.6 is 11.8 Å². The molecular formula is C49H33N5OSSi. The third-order valence-electron chi connectivity index (χ3n) is 11.8. The van der Waals surface area contributed by atoms with Crippen LogP contribution in [0, 0.1) is 0 Å². The zero-order valence-electron chi connectivity index (χ0n) is 31.1. The molecule has 0 spiro atoms. The van der Waals surface area contributed by atoms with Crippen LogP contribution < -0.4 is 15.1 Å². The number of hydrogen-bond acceptors (Lipinski definition) is 5. The molecule has 0 atom stereocenters. The van der Waals surface area contributed by atoms with Crippen LogP contribution in [0.2, 0.25) is 13.1 Å². The number of nitrogens with zero attached hydrogens (tertiary/aromatic N) is 5. The molecule has 1 aliphatic carbocycles. The molecule has 7 aromatic carbocycles. The molecule has 270 valence electrons. The molecule has 4 heterocycles. The highest BCUT2D eigenvalue weighted by Gasteiger charge is 2.34. The maximum atomic E-state index is 6.74. The molecule has 0 fully saturated rings. The first kappa shape index (κ1) is 32.5. The highest BCUT2D eigenvalue weighted by Crippen LogP contribution is 2.49. The van der Waals surface area contributed by atoms with Gasteiger partial charge in [-0.05, 0) is 81.5 Å². The topological polar surface area (TPSA) is 57.2 Å². The fourth-order valence-corrected chi connectivity index (χ4v) is 13.4. The molecular weight excluding hydrogens is 735 g/mol. The van der Waals surface area contributed by atoms with Gasteiger partial charge < -0.3 is 4.74 Å². The number of benzene rings is 7. The fourth-order valence-electron chi connectivity index (χ4n) is 8.99. The van der Waals surface area contributed by atoms with Crippen LogP contribution in [0.4, 0.5) is 0 Å². The van der Waals surface area contributed by atoms with Gasteiger partial charge in [0.1, 0.15) is 25.9 Å². The maximum absolute atomic E-state index is 6.74. The van der Waals surface area contributed by atoms with Crippen molar-refractivity contribution in [1.29, 1.82) is 0 Å². The van der Waals surface area contributed by atoms with E-state index in [4.69, 9.17) is 14.7 Å². The predicted octanol–water partition coefficient (Wildman–Crippen LogP) is 11.3. The van der Waals surface area contributed by atoms with Crippen molar-refractivity contribution in [2.45, 2.75) is 22.9 Å². The lowest BCUT2D eigenvalue weighted by Crippen LogP contribution is -2.53. The number of fused-ring (bicyclic) bond motifs is 15. The first-order chi connectivity index (χ1) is 28.0. The summed E-state index contributed by atoms with van der Waals surface area (Å²) in [7, 11) is -2.34. The number of rotatable bonds is 3. The van der Waals surface area contributed by atoms with Crippen LogP contribution in [0.15, 0.2) is 174 Å². The molecule has 0 saturated heterocycles. The number of imidazole rings is 2. The van der Waals surface area contributed by atoms with Gasteiger partial charge in [0.2, 0.25) is 5.78 Å². The van der Waals surface area contributed by atoms with Gasteiger partial charge in [-0.3, -0.25) is 8.97 Å². The SMILES string of the molecule is C[Si](C)(c1ccc2c(c1)-c1ccccc1-c1ccccc1-c1cncnc1-2)c1cccc2c1Sc1cc(-n3c4ccccc4n4c5ccccc5nc34)ccc1O2. The van der Waals surface area contributed by atoms with Crippen LogP contribution in [0.25, 0.3) is 78.2 Å². The lowest BCUT2D eigenvalue weighted by atomic mass is 9.83. The van der Waals surface area contributed by atoms with Crippen molar-refractivity contribution in [1.82, 2.24) is 23.9 Å². The normalized spacial score (nSPS) is 12.8. The Morgan fingerprint density at radius 3 is 2.09 bits per heavy atom. The van der Waals surface area contributed by atoms with E-state index < -0.39 is 8.07 Å². The Morgan fingerprint density at radius 1 is 0.579 bits per heavy atom. The molecule has 0 N–H and O–H groups in total. The lowest BCUT2D eigenvalue weighted by molar-refractivity contribution is 0.455. The summed E-state index contributed by atoms with van der Waals surface area (Å²) < 4.78 is 11.3. The van der Waals surface area contributed by atoms with Crippen molar-refractivity contribution in [3.8, 4) is 61.8 Å². The van der Waals surface area contributed by atoms with Gasteiger partial charge in [0.05, 0.1) is 43.2 Å². The Labute approximate surface area is 334 Å². The lowest BCUT2D eigenvalue weighted by Gasteiger charge is -2.31. The van der Waals surface area contributed by atoms with Gasteiger partial charge in [-0.1, -0.05) is 133 Å². The van der Waals surface area contributed by atoms with Gasteiger partial charge in [0, 0.05) is 17.3 Å². The minimum atomic E-state index is -2.34. The van der Waals surface area contributed by atoms with E-state index in [0.29, 0.717) is 0 Å². The molecule has 0 amide bonds. The number of hydrogen-bond donors (Lipinski definition) is 0. The molecule has 0 saturated carbocycles. The van der Waals surface area contributed by atoms with E-state index in [2.05, 4.69) is 173 Å². The Bertz CT molecular complexity index is 3300. The van der Waals surface area contributed by atoms with Crippen molar-refractivity contribution >= 4 is 58.1 Å². The highest BCUT2D eigenvalue weighted by atomic mass is 32.2. The number of para-hydroxylation sites is 4. The summed E-state index contributed by atoms with van der Waals surface area (Å²) in [5.41, 5.74) is 14.4. The van der Waals surface area contributed by atoms with Crippen molar-refractivity contribution in [3.05, 3.63) is 164 Å². The van der Waals surface area contributed by atoms with Crippen LogP contribution in [0.1, 0.15) is 0 Å². The minimum Gasteiger partial charge on any atom is -0.455 e. The van der Waals surface area contributed by atoms with E-state index >= 15 is 0 Å². The van der Waals surface area contributed by atoms with E-state index in [-0.39, 0.29) is 0 Å². The Morgan fingerprint density at radius 2 is 1.28 bits per heavy atom. The third-order valence-corrected chi connectivity index (χ3v) is 16.7. The molecule has 10 aromatic rings. The molecule has 6 nitrogen and oxygen atoms in total. The number of aromatic nitrogens is 5. The molecule has 0 bridgehead atoms. The van der Waals surface area contributed by atoms with E-state index in [1.165, 1.54) is 37.5 Å². The van der Waals surface area contributed by atoms with Gasteiger partial charge in [-0.2, -0.15) is 0 Å². The molecule has 2 aliphatic rings. The summed E-state index contributed by atoms with van der Waals surface area (Å²) in [5, 5.41) is 2.70. The monoisotopic (exact) mass is 767 g/mol. The quantitative estimate of drug-likeness (QED) is 0.168. The molecule has 0 radical (unpaired) electrons. The second-order valence-corrected chi connectivity index (χ2v) is 20.7. The van der Waals surface area contributed by atoms with Crippen molar-refractivity contribution in [3.63, 3.8) is 0 Å². The van der Waals surface area contributed by atoms with E-state index in [9.17, 15) is 0 Å². The molecule has 1 aliphatic heterocycles. The molecule has 3 aromatic heterocycles. The van der Waals surface area contributed by atoms with E-state index in [0.717, 1.165) is 72.3 Å². The first-order valence-electron chi connectivity index (χ1n) is 19.2. The van der Waals surface area contributed by atoms with E-state index in [1.807, 2.05) is 24.0 Å². The summed E-state index contributed by atoms with van der Waals surface area (Å²) >= 11 is 1.82. The Kier molecular flexibility index (Phi) is 6.91. The van der Waals surface area contributed by atoms with Crippen LogP contribution in [-0.2, 0) is 0 Å². The highest BCUT2D eigenvalue weighted by molar-refractivity contribution is 8.00. The first-order valence-corrected chi connectivity index (χ1v) is 23.0. The van der Waals surface area contributed by atoms with Gasteiger partial charge in [-0.15, -0.1) is 0 Å². The van der Waals surface area contributed by atoms with Crippen molar-refractivity contribution < 1.29 is 4.74 Å². The summed E-state index contributed by atoms with van der Waals surface area (Å²) in [6.07, 6.45) is 3.63. The van der Waals surface area contributed by atoms with Gasteiger partial charge >= 0.3 is 0 Å². The number of ether oxygens (including phenoxy) is 1. The standard InChI is InChI=1S/C49H33N5OSSi/c1-57(2,31-23-24-36-37(27-31)34-14-5-3-12-32(34)33-13-4-6-15-35(33)38-28-50-29-51-47(36)38)46-21-11-20-44-48(46)56-45-26-30(22-25-43(45)55-44)53-41-18-9-10-19-42(41)54-40-17-8-7-16-39(40)52-49(53)54/h3-29H,1-2H3. The second-order valence-electron chi connectivity index (χ2n) is 15.3. The van der Waals surface area contributed by atoms with Gasteiger partial charge in [0.15, 0.2) is 0 Å². The Hall–Kier alpha value is -6.74. The molecule has 0 unspecified atom stereocenters. The smallest absolute Gasteiger partial charge is 0.220 e. The summed E-state index contributed by atoms with van der Waals surface area (Å²) in [6, 6.07) is 54.5.